The molecule has 0 saturated heterocycles. The van der Waals surface area contributed by atoms with Crippen molar-refractivity contribution in [3.05, 3.63) is 59.4 Å². The highest BCUT2D eigenvalue weighted by molar-refractivity contribution is 8.00. The highest BCUT2D eigenvalue weighted by Crippen LogP contribution is 2.37. The summed E-state index contributed by atoms with van der Waals surface area (Å²) in [4.78, 5) is 27.2. The first kappa shape index (κ1) is 16.1. The summed E-state index contributed by atoms with van der Waals surface area (Å²) in [5.41, 5.74) is 1.66. The monoisotopic (exact) mass is 356 g/mol. The summed E-state index contributed by atoms with van der Waals surface area (Å²) in [7, 11) is 0. The Balaban J connectivity index is 1.65. The van der Waals surface area contributed by atoms with Crippen molar-refractivity contribution in [2.75, 3.05) is 10.7 Å². The molecule has 2 aliphatic rings. The SMILES string of the molecule is O=C(NC1CC1)c1ccc2c(c1)N(Cc1ccccc1F)C(=O)CS2. The van der Waals surface area contributed by atoms with Crippen molar-refractivity contribution in [3.63, 3.8) is 0 Å². The predicted octanol–water partition coefficient (Wildman–Crippen LogP) is 3.36. The van der Waals surface area contributed by atoms with Gasteiger partial charge in [0, 0.05) is 22.1 Å². The lowest BCUT2D eigenvalue weighted by molar-refractivity contribution is -0.116. The number of benzene rings is 2. The lowest BCUT2D eigenvalue weighted by Gasteiger charge is -2.29. The van der Waals surface area contributed by atoms with Crippen LogP contribution in [0, 0.1) is 5.82 Å². The maximum absolute atomic E-state index is 14.0. The van der Waals surface area contributed by atoms with Gasteiger partial charge in [-0.1, -0.05) is 18.2 Å². The zero-order chi connectivity index (χ0) is 17.4. The Morgan fingerprint density at radius 3 is 2.80 bits per heavy atom. The van der Waals surface area contributed by atoms with Gasteiger partial charge in [-0.15, -0.1) is 11.8 Å². The molecule has 2 amide bonds. The number of rotatable bonds is 4. The molecule has 4 rings (SSSR count). The maximum atomic E-state index is 14.0. The van der Waals surface area contributed by atoms with Gasteiger partial charge >= 0.3 is 0 Å². The Labute approximate surface area is 149 Å². The van der Waals surface area contributed by atoms with Gasteiger partial charge < -0.3 is 10.2 Å². The smallest absolute Gasteiger partial charge is 0.251 e. The molecule has 25 heavy (non-hydrogen) atoms. The summed E-state index contributed by atoms with van der Waals surface area (Å²) in [6.45, 7) is 0.159. The summed E-state index contributed by atoms with van der Waals surface area (Å²) in [5.74, 6) is -0.230. The minimum Gasteiger partial charge on any atom is -0.349 e. The number of hydrogen-bond acceptors (Lipinski definition) is 3. The number of amides is 2. The Morgan fingerprint density at radius 2 is 2.04 bits per heavy atom. The quantitative estimate of drug-likeness (QED) is 0.914. The summed E-state index contributed by atoms with van der Waals surface area (Å²) in [6, 6.07) is 12.1. The number of anilines is 1. The number of halogens is 1. The Hall–Kier alpha value is -2.34. The fraction of sp³-hybridized carbons (Fsp3) is 0.263. The largest absolute Gasteiger partial charge is 0.349 e. The van der Waals surface area contributed by atoms with Gasteiger partial charge in [-0.2, -0.15) is 0 Å². The Kier molecular flexibility index (Phi) is 4.21. The molecule has 2 aromatic carbocycles. The molecule has 0 atom stereocenters. The van der Waals surface area contributed by atoms with Crippen molar-refractivity contribution in [2.24, 2.45) is 0 Å². The first-order valence-electron chi connectivity index (χ1n) is 8.23. The van der Waals surface area contributed by atoms with Crippen LogP contribution in [0.2, 0.25) is 0 Å². The van der Waals surface area contributed by atoms with Gasteiger partial charge in [0.2, 0.25) is 5.91 Å². The zero-order valence-electron chi connectivity index (χ0n) is 13.5. The lowest BCUT2D eigenvalue weighted by atomic mass is 10.1. The van der Waals surface area contributed by atoms with Gasteiger partial charge in [0.1, 0.15) is 5.82 Å². The molecule has 4 nitrogen and oxygen atoms in total. The van der Waals surface area contributed by atoms with E-state index >= 15 is 0 Å². The van der Waals surface area contributed by atoms with Crippen molar-refractivity contribution < 1.29 is 14.0 Å². The molecule has 0 radical (unpaired) electrons. The molecule has 6 heteroatoms. The molecule has 0 unspecified atom stereocenters. The number of thioether (sulfide) groups is 1. The van der Waals surface area contributed by atoms with E-state index < -0.39 is 0 Å². The third-order valence-electron chi connectivity index (χ3n) is 4.36. The average molecular weight is 356 g/mol. The van der Waals surface area contributed by atoms with Gasteiger partial charge in [-0.25, -0.2) is 4.39 Å². The second-order valence-corrected chi connectivity index (χ2v) is 7.31. The molecule has 1 saturated carbocycles. The average Bonchev–Trinajstić information content (AvgIpc) is 3.42. The molecule has 2 aromatic rings. The van der Waals surface area contributed by atoms with Crippen LogP contribution in [-0.2, 0) is 11.3 Å². The van der Waals surface area contributed by atoms with Crippen LogP contribution in [-0.4, -0.2) is 23.6 Å². The van der Waals surface area contributed by atoms with E-state index in [0.717, 1.165) is 17.7 Å². The number of nitrogens with one attached hydrogen (secondary N) is 1. The lowest BCUT2D eigenvalue weighted by Crippen LogP contribution is -2.35. The molecule has 0 bridgehead atoms. The highest BCUT2D eigenvalue weighted by atomic mass is 32.2. The molecular formula is C19H17FN2O2S. The topological polar surface area (TPSA) is 49.4 Å². The Morgan fingerprint density at radius 1 is 1.24 bits per heavy atom. The first-order chi connectivity index (χ1) is 12.1. The third kappa shape index (κ3) is 3.39. The number of carbonyl (C=O) groups excluding carboxylic acids is 2. The summed E-state index contributed by atoms with van der Waals surface area (Å²) < 4.78 is 14.0. The van der Waals surface area contributed by atoms with Crippen LogP contribution in [0.5, 0.6) is 0 Å². The van der Waals surface area contributed by atoms with E-state index in [4.69, 9.17) is 0 Å². The second-order valence-electron chi connectivity index (χ2n) is 6.29. The fourth-order valence-electron chi connectivity index (χ4n) is 2.81. The molecule has 1 fully saturated rings. The van der Waals surface area contributed by atoms with Crippen LogP contribution in [0.1, 0.15) is 28.8 Å². The number of fused-ring (bicyclic) bond motifs is 1. The van der Waals surface area contributed by atoms with Crippen molar-refractivity contribution in [3.8, 4) is 0 Å². The Bertz CT molecular complexity index is 851. The van der Waals surface area contributed by atoms with Crippen LogP contribution in [0.4, 0.5) is 10.1 Å². The fourth-order valence-corrected chi connectivity index (χ4v) is 3.73. The minimum atomic E-state index is -0.335. The maximum Gasteiger partial charge on any atom is 0.251 e. The van der Waals surface area contributed by atoms with E-state index in [2.05, 4.69) is 5.32 Å². The first-order valence-corrected chi connectivity index (χ1v) is 9.22. The second kappa shape index (κ2) is 6.52. The molecule has 1 heterocycles. The van der Waals surface area contributed by atoms with E-state index in [1.54, 1.807) is 35.2 Å². The minimum absolute atomic E-state index is 0.0829. The number of hydrogen-bond donors (Lipinski definition) is 1. The van der Waals surface area contributed by atoms with Gasteiger partial charge in [0.15, 0.2) is 0 Å². The summed E-state index contributed by atoms with van der Waals surface area (Å²) in [6.07, 6.45) is 2.04. The van der Waals surface area contributed by atoms with Crippen molar-refractivity contribution >= 4 is 29.3 Å². The van der Waals surface area contributed by atoms with Crippen molar-refractivity contribution in [2.45, 2.75) is 30.3 Å². The third-order valence-corrected chi connectivity index (χ3v) is 5.41. The molecule has 0 spiro atoms. The van der Waals surface area contributed by atoms with E-state index in [0.29, 0.717) is 22.6 Å². The van der Waals surface area contributed by atoms with E-state index in [-0.39, 0.29) is 30.2 Å². The van der Waals surface area contributed by atoms with Crippen molar-refractivity contribution in [1.29, 1.82) is 0 Å². The van der Waals surface area contributed by atoms with Gasteiger partial charge in [0.25, 0.3) is 5.91 Å². The van der Waals surface area contributed by atoms with Crippen molar-refractivity contribution in [1.82, 2.24) is 5.32 Å². The highest BCUT2D eigenvalue weighted by Gasteiger charge is 2.28. The number of carbonyl (C=O) groups is 2. The van der Waals surface area contributed by atoms with Crippen LogP contribution in [0.25, 0.3) is 0 Å². The van der Waals surface area contributed by atoms with E-state index in [1.165, 1.54) is 17.8 Å². The predicted molar refractivity (Wildman–Crippen MR) is 95.2 cm³/mol. The molecule has 1 N–H and O–H groups in total. The van der Waals surface area contributed by atoms with Crippen LogP contribution in [0.3, 0.4) is 0 Å². The standard InChI is InChI=1S/C19H17FN2O2S/c20-15-4-2-1-3-13(15)10-22-16-9-12(19(24)21-14-6-7-14)5-8-17(16)25-11-18(22)23/h1-5,8-9,14H,6-7,10-11H2,(H,21,24). The summed E-state index contributed by atoms with van der Waals surface area (Å²) in [5, 5.41) is 2.95. The van der Waals surface area contributed by atoms with Crippen LogP contribution >= 0.6 is 11.8 Å². The van der Waals surface area contributed by atoms with E-state index in [1.807, 2.05) is 6.07 Å². The van der Waals surface area contributed by atoms with Gasteiger partial charge in [-0.05, 0) is 37.1 Å². The van der Waals surface area contributed by atoms with E-state index in [9.17, 15) is 14.0 Å². The van der Waals surface area contributed by atoms with Gasteiger partial charge in [-0.3, -0.25) is 9.59 Å². The van der Waals surface area contributed by atoms with Crippen LogP contribution in [0.15, 0.2) is 47.4 Å². The van der Waals surface area contributed by atoms with Gasteiger partial charge in [0.05, 0.1) is 18.0 Å². The molecular weight excluding hydrogens is 339 g/mol. The zero-order valence-corrected chi connectivity index (χ0v) is 14.3. The molecule has 0 aromatic heterocycles. The molecule has 1 aliphatic heterocycles. The summed E-state index contributed by atoms with van der Waals surface area (Å²) >= 11 is 1.45. The van der Waals surface area contributed by atoms with Crippen LogP contribution < -0.4 is 10.2 Å². The number of nitrogens with zero attached hydrogens (tertiary/aromatic N) is 1. The molecule has 128 valence electrons. The normalized spacial score (nSPS) is 16.5. The molecule has 1 aliphatic carbocycles.